The molecule has 136 valence electrons. The molecule has 0 amide bonds. The fourth-order valence-electron chi connectivity index (χ4n) is 3.11. The summed E-state index contributed by atoms with van der Waals surface area (Å²) in [6.45, 7) is 0.590. The standard InChI is InChI=1S/C18H19N3O4S/c22-14-9-11-21(12-10-14)26(23,24)16-8-4-7-15-17(16)25-20-18(15)19-13-5-2-1-3-6-13/h1-8,14,22H,9-12H2,(H,19,20). The van der Waals surface area contributed by atoms with Gasteiger partial charge in [0.1, 0.15) is 4.90 Å². The molecule has 1 aromatic heterocycles. The van der Waals surface area contributed by atoms with Gasteiger partial charge in [0.15, 0.2) is 11.4 Å². The molecular weight excluding hydrogens is 354 g/mol. The van der Waals surface area contributed by atoms with E-state index in [-0.39, 0.29) is 10.5 Å². The van der Waals surface area contributed by atoms with Gasteiger partial charge in [-0.25, -0.2) is 8.42 Å². The van der Waals surface area contributed by atoms with E-state index in [1.165, 1.54) is 10.4 Å². The molecule has 0 radical (unpaired) electrons. The van der Waals surface area contributed by atoms with Crippen LogP contribution in [0.1, 0.15) is 12.8 Å². The van der Waals surface area contributed by atoms with E-state index in [0.717, 1.165) is 5.69 Å². The van der Waals surface area contributed by atoms with Crippen LogP contribution >= 0.6 is 0 Å². The first-order valence-corrected chi connectivity index (χ1v) is 9.88. The van der Waals surface area contributed by atoms with Crippen LogP contribution in [0.2, 0.25) is 0 Å². The molecule has 0 aliphatic carbocycles. The Hall–Kier alpha value is -2.42. The highest BCUT2D eigenvalue weighted by Crippen LogP contribution is 2.32. The fraction of sp³-hybridized carbons (Fsp3) is 0.278. The molecule has 26 heavy (non-hydrogen) atoms. The Kier molecular flexibility index (Phi) is 4.39. The zero-order valence-corrected chi connectivity index (χ0v) is 14.8. The summed E-state index contributed by atoms with van der Waals surface area (Å²) < 4.78 is 32.8. The smallest absolute Gasteiger partial charge is 0.246 e. The third kappa shape index (κ3) is 3.07. The molecule has 0 saturated carbocycles. The molecule has 1 fully saturated rings. The van der Waals surface area contributed by atoms with E-state index >= 15 is 0 Å². The summed E-state index contributed by atoms with van der Waals surface area (Å²) in [6.07, 6.45) is 0.433. The first kappa shape index (κ1) is 17.0. The number of hydrogen-bond donors (Lipinski definition) is 2. The van der Waals surface area contributed by atoms with Crippen molar-refractivity contribution in [2.45, 2.75) is 23.8 Å². The highest BCUT2D eigenvalue weighted by molar-refractivity contribution is 7.89. The molecule has 8 heteroatoms. The number of aromatic nitrogens is 1. The lowest BCUT2D eigenvalue weighted by molar-refractivity contribution is 0.113. The number of benzene rings is 2. The van der Waals surface area contributed by atoms with Crippen LogP contribution in [0.25, 0.3) is 11.0 Å². The molecule has 0 unspecified atom stereocenters. The van der Waals surface area contributed by atoms with Gasteiger partial charge >= 0.3 is 0 Å². The van der Waals surface area contributed by atoms with Gasteiger partial charge < -0.3 is 14.9 Å². The zero-order valence-electron chi connectivity index (χ0n) is 14.0. The van der Waals surface area contributed by atoms with Gasteiger partial charge in [0.2, 0.25) is 10.0 Å². The molecule has 4 rings (SSSR count). The average Bonchev–Trinajstić information content (AvgIpc) is 3.06. The maximum atomic E-state index is 13.0. The van der Waals surface area contributed by atoms with Gasteiger partial charge in [0.25, 0.3) is 0 Å². The number of fused-ring (bicyclic) bond motifs is 1. The number of aliphatic hydroxyl groups excluding tert-OH is 1. The minimum Gasteiger partial charge on any atom is -0.393 e. The summed E-state index contributed by atoms with van der Waals surface area (Å²) in [5, 5.41) is 17.4. The van der Waals surface area contributed by atoms with Crippen LogP contribution in [0.3, 0.4) is 0 Å². The first-order valence-electron chi connectivity index (χ1n) is 8.44. The van der Waals surface area contributed by atoms with Crippen LogP contribution in [0.15, 0.2) is 57.9 Å². The summed E-state index contributed by atoms with van der Waals surface area (Å²) in [7, 11) is -3.71. The van der Waals surface area contributed by atoms with E-state index in [1.54, 1.807) is 12.1 Å². The van der Waals surface area contributed by atoms with Crippen LogP contribution < -0.4 is 5.32 Å². The number of hydrogen-bond acceptors (Lipinski definition) is 6. The lowest BCUT2D eigenvalue weighted by Crippen LogP contribution is -2.40. The minimum absolute atomic E-state index is 0.0972. The summed E-state index contributed by atoms with van der Waals surface area (Å²) in [5.41, 5.74) is 1.07. The van der Waals surface area contributed by atoms with Crippen molar-refractivity contribution >= 4 is 32.5 Å². The second kappa shape index (κ2) is 6.71. The van der Waals surface area contributed by atoms with E-state index < -0.39 is 16.1 Å². The molecule has 0 atom stereocenters. The predicted molar refractivity (Wildman–Crippen MR) is 97.7 cm³/mol. The fourth-order valence-corrected chi connectivity index (χ4v) is 4.71. The van der Waals surface area contributed by atoms with Crippen molar-refractivity contribution < 1.29 is 18.0 Å². The van der Waals surface area contributed by atoms with E-state index in [1.807, 2.05) is 30.3 Å². The van der Waals surface area contributed by atoms with E-state index in [9.17, 15) is 13.5 Å². The molecule has 1 saturated heterocycles. The molecular formula is C18H19N3O4S. The normalized spacial score (nSPS) is 16.8. The molecule has 2 N–H and O–H groups in total. The van der Waals surface area contributed by atoms with Crippen LogP contribution in [0.4, 0.5) is 11.5 Å². The molecule has 1 aliphatic rings. The molecule has 7 nitrogen and oxygen atoms in total. The van der Waals surface area contributed by atoms with Gasteiger partial charge in [-0.2, -0.15) is 4.31 Å². The Bertz CT molecular complexity index is 1010. The highest BCUT2D eigenvalue weighted by atomic mass is 32.2. The average molecular weight is 373 g/mol. The molecule has 0 bridgehead atoms. The Labute approximate surface area is 151 Å². The summed E-state index contributed by atoms with van der Waals surface area (Å²) >= 11 is 0. The van der Waals surface area contributed by atoms with Crippen LogP contribution in [-0.4, -0.2) is 42.2 Å². The maximum absolute atomic E-state index is 13.0. The monoisotopic (exact) mass is 373 g/mol. The Morgan fingerprint density at radius 2 is 1.81 bits per heavy atom. The Morgan fingerprint density at radius 1 is 1.08 bits per heavy atom. The van der Waals surface area contributed by atoms with Crippen molar-refractivity contribution in [1.82, 2.24) is 9.46 Å². The SMILES string of the molecule is O=S(=O)(c1cccc2c(Nc3ccccc3)noc12)N1CCC(O)CC1. The molecule has 1 aliphatic heterocycles. The van der Waals surface area contributed by atoms with Crippen molar-refractivity contribution in [3.8, 4) is 0 Å². The summed E-state index contributed by atoms with van der Waals surface area (Å²) in [5.74, 6) is 0.470. The van der Waals surface area contributed by atoms with Gasteiger partial charge in [-0.3, -0.25) is 0 Å². The lowest BCUT2D eigenvalue weighted by atomic mass is 10.1. The predicted octanol–water partition coefficient (Wildman–Crippen LogP) is 2.72. The summed E-state index contributed by atoms with van der Waals surface area (Å²) in [6, 6.07) is 14.5. The number of rotatable bonds is 4. The van der Waals surface area contributed by atoms with Crippen molar-refractivity contribution in [2.75, 3.05) is 18.4 Å². The summed E-state index contributed by atoms with van der Waals surface area (Å²) in [4.78, 5) is 0.0972. The molecule has 0 spiro atoms. The third-order valence-corrected chi connectivity index (χ3v) is 6.46. The quantitative estimate of drug-likeness (QED) is 0.730. The number of nitrogens with zero attached hydrogens (tertiary/aromatic N) is 2. The number of aliphatic hydroxyl groups is 1. The van der Waals surface area contributed by atoms with Gasteiger partial charge in [0.05, 0.1) is 11.5 Å². The number of piperidine rings is 1. The van der Waals surface area contributed by atoms with Gasteiger partial charge in [0, 0.05) is 18.8 Å². The number of anilines is 2. The molecule has 2 heterocycles. The third-order valence-electron chi connectivity index (χ3n) is 4.54. The van der Waals surface area contributed by atoms with Gasteiger partial charge in [-0.1, -0.05) is 29.4 Å². The Balaban J connectivity index is 1.71. The Morgan fingerprint density at radius 3 is 2.54 bits per heavy atom. The van der Waals surface area contributed by atoms with Crippen molar-refractivity contribution in [3.05, 3.63) is 48.5 Å². The van der Waals surface area contributed by atoms with Gasteiger partial charge in [-0.15, -0.1) is 0 Å². The zero-order chi connectivity index (χ0) is 18.1. The van der Waals surface area contributed by atoms with E-state index in [2.05, 4.69) is 10.5 Å². The second-order valence-electron chi connectivity index (χ2n) is 6.29. The lowest BCUT2D eigenvalue weighted by Gasteiger charge is -2.28. The molecule has 2 aromatic carbocycles. The van der Waals surface area contributed by atoms with Crippen LogP contribution in [0.5, 0.6) is 0 Å². The van der Waals surface area contributed by atoms with Gasteiger partial charge in [-0.05, 0) is 37.1 Å². The van der Waals surface area contributed by atoms with Crippen molar-refractivity contribution in [2.24, 2.45) is 0 Å². The van der Waals surface area contributed by atoms with E-state index in [0.29, 0.717) is 37.1 Å². The van der Waals surface area contributed by atoms with Crippen molar-refractivity contribution in [1.29, 1.82) is 0 Å². The van der Waals surface area contributed by atoms with E-state index in [4.69, 9.17) is 4.52 Å². The molecule has 3 aromatic rings. The number of sulfonamides is 1. The van der Waals surface area contributed by atoms with Crippen LogP contribution in [0, 0.1) is 0 Å². The van der Waals surface area contributed by atoms with Crippen LogP contribution in [-0.2, 0) is 10.0 Å². The maximum Gasteiger partial charge on any atom is 0.246 e. The minimum atomic E-state index is -3.71. The highest BCUT2D eigenvalue weighted by Gasteiger charge is 2.31. The topological polar surface area (TPSA) is 95.7 Å². The largest absolute Gasteiger partial charge is 0.393 e. The number of nitrogens with one attached hydrogen (secondary N) is 1. The second-order valence-corrected chi connectivity index (χ2v) is 8.20. The first-order chi connectivity index (χ1) is 12.6. The number of para-hydroxylation sites is 2. The van der Waals surface area contributed by atoms with Crippen molar-refractivity contribution in [3.63, 3.8) is 0 Å².